The highest BCUT2D eigenvalue weighted by Crippen LogP contribution is 2.27. The number of nitrogens with one attached hydrogen (secondary N) is 1. The van der Waals surface area contributed by atoms with E-state index in [1.807, 2.05) is 31.2 Å². The number of nitrogens with zero attached hydrogens (tertiary/aromatic N) is 1. The number of benzene rings is 1. The molecular formula is C13H16N2O2S. The summed E-state index contributed by atoms with van der Waals surface area (Å²) in [6.45, 7) is 2.65. The Morgan fingerprint density at radius 3 is 3.28 bits per heavy atom. The molecule has 0 radical (unpaired) electrons. The summed E-state index contributed by atoms with van der Waals surface area (Å²) in [5.41, 5.74) is 0. The van der Waals surface area contributed by atoms with E-state index in [0.29, 0.717) is 6.54 Å². The zero-order chi connectivity index (χ0) is 12.8. The molecule has 0 aliphatic rings. The number of aliphatic hydroxyl groups is 1. The van der Waals surface area contributed by atoms with Gasteiger partial charge in [0.05, 0.1) is 16.3 Å². The average Bonchev–Trinajstić information content (AvgIpc) is 2.85. The second kappa shape index (κ2) is 6.37. The van der Waals surface area contributed by atoms with E-state index in [0.717, 1.165) is 15.8 Å². The first-order valence-electron chi connectivity index (χ1n) is 5.80. The Labute approximate surface area is 110 Å². The molecule has 1 atom stereocenters. The van der Waals surface area contributed by atoms with Crippen molar-refractivity contribution in [1.82, 2.24) is 9.69 Å². The van der Waals surface area contributed by atoms with Crippen LogP contribution in [0.3, 0.4) is 0 Å². The van der Waals surface area contributed by atoms with Gasteiger partial charge in [0, 0.05) is 6.54 Å². The Balaban J connectivity index is 1.91. The summed E-state index contributed by atoms with van der Waals surface area (Å²) in [4.78, 5) is 0. The van der Waals surface area contributed by atoms with Gasteiger partial charge in [-0.1, -0.05) is 12.1 Å². The topological polar surface area (TPSA) is 54.4 Å². The van der Waals surface area contributed by atoms with E-state index in [1.54, 1.807) is 12.4 Å². The molecule has 1 unspecified atom stereocenters. The summed E-state index contributed by atoms with van der Waals surface area (Å²) in [7, 11) is 0. The largest absolute Gasteiger partial charge is 0.490 e. The molecule has 4 nitrogen and oxygen atoms in total. The molecule has 2 aromatic rings. The molecule has 0 amide bonds. The summed E-state index contributed by atoms with van der Waals surface area (Å²) >= 11 is 1.44. The maximum Gasteiger partial charge on any atom is 0.129 e. The highest BCUT2D eigenvalue weighted by atomic mass is 32.1. The van der Waals surface area contributed by atoms with E-state index in [9.17, 15) is 5.11 Å². The molecule has 5 heteroatoms. The number of hydrogen-bond acceptors (Lipinski definition) is 5. The van der Waals surface area contributed by atoms with Crippen LogP contribution in [0.25, 0.3) is 10.1 Å². The second-order valence-electron chi connectivity index (χ2n) is 3.87. The lowest BCUT2D eigenvalue weighted by Crippen LogP contribution is -2.28. The molecule has 18 heavy (non-hydrogen) atoms. The summed E-state index contributed by atoms with van der Waals surface area (Å²) in [6, 6.07) is 5.83. The van der Waals surface area contributed by atoms with Crippen LogP contribution in [0.5, 0.6) is 5.75 Å². The molecular weight excluding hydrogens is 248 g/mol. The molecule has 0 aliphatic heterocycles. The molecule has 1 aromatic heterocycles. The van der Waals surface area contributed by atoms with Gasteiger partial charge in [-0.2, -0.15) is 4.37 Å². The molecule has 1 aromatic carbocycles. The number of aliphatic hydroxyl groups excluding tert-OH is 1. The van der Waals surface area contributed by atoms with Crippen molar-refractivity contribution >= 4 is 21.6 Å². The van der Waals surface area contributed by atoms with Crippen LogP contribution in [0.1, 0.15) is 6.92 Å². The van der Waals surface area contributed by atoms with E-state index >= 15 is 0 Å². The molecule has 2 N–H and O–H groups in total. The molecule has 0 saturated carbocycles. The standard InChI is InChI=1S/C13H16N2O2S/c1-2-6-14-7-10(16)9-17-12-4-3-5-13-11(12)8-15-18-13/h2-6,8,10,14,16H,7,9H2,1H3/b6-2+. The van der Waals surface area contributed by atoms with Crippen molar-refractivity contribution in [3.8, 4) is 5.75 Å². The van der Waals surface area contributed by atoms with E-state index in [-0.39, 0.29) is 6.61 Å². The van der Waals surface area contributed by atoms with Gasteiger partial charge in [-0.25, -0.2) is 0 Å². The third-order valence-corrected chi connectivity index (χ3v) is 3.19. The zero-order valence-corrected chi connectivity index (χ0v) is 11.0. The number of ether oxygens (including phenoxy) is 1. The van der Waals surface area contributed by atoms with E-state index in [2.05, 4.69) is 9.69 Å². The van der Waals surface area contributed by atoms with Crippen LogP contribution in [0.15, 0.2) is 36.7 Å². The zero-order valence-electron chi connectivity index (χ0n) is 10.2. The fourth-order valence-corrected chi connectivity index (χ4v) is 2.22. The van der Waals surface area contributed by atoms with Crippen molar-refractivity contribution in [2.24, 2.45) is 0 Å². The first kappa shape index (κ1) is 12.9. The van der Waals surface area contributed by atoms with Crippen molar-refractivity contribution in [2.75, 3.05) is 13.2 Å². The summed E-state index contributed by atoms with van der Waals surface area (Å²) in [5.74, 6) is 0.770. The maximum atomic E-state index is 9.73. The van der Waals surface area contributed by atoms with Crippen LogP contribution < -0.4 is 10.1 Å². The Kier molecular flexibility index (Phi) is 4.55. The predicted molar refractivity (Wildman–Crippen MR) is 73.9 cm³/mol. The van der Waals surface area contributed by atoms with E-state index < -0.39 is 6.10 Å². The van der Waals surface area contributed by atoms with Gasteiger partial charge in [-0.3, -0.25) is 0 Å². The fraction of sp³-hybridized carbons (Fsp3) is 0.308. The van der Waals surface area contributed by atoms with E-state index in [4.69, 9.17) is 4.74 Å². The lowest BCUT2D eigenvalue weighted by atomic mass is 10.2. The summed E-state index contributed by atoms with van der Waals surface area (Å²) in [5, 5.41) is 13.7. The average molecular weight is 264 g/mol. The van der Waals surface area contributed by atoms with Crippen LogP contribution in [0, 0.1) is 0 Å². The second-order valence-corrected chi connectivity index (χ2v) is 4.70. The summed E-state index contributed by atoms with van der Waals surface area (Å²) < 4.78 is 10.8. The van der Waals surface area contributed by atoms with Crippen molar-refractivity contribution < 1.29 is 9.84 Å². The highest BCUT2D eigenvalue weighted by Gasteiger charge is 2.07. The van der Waals surface area contributed by atoms with Crippen LogP contribution >= 0.6 is 11.5 Å². The van der Waals surface area contributed by atoms with Gasteiger partial charge >= 0.3 is 0 Å². The van der Waals surface area contributed by atoms with Crippen LogP contribution in [0.2, 0.25) is 0 Å². The van der Waals surface area contributed by atoms with Gasteiger partial charge in [0.25, 0.3) is 0 Å². The van der Waals surface area contributed by atoms with Gasteiger partial charge in [0.1, 0.15) is 18.5 Å². The maximum absolute atomic E-state index is 9.73. The Morgan fingerprint density at radius 1 is 1.56 bits per heavy atom. The Bertz CT molecular complexity index is 524. The first-order chi connectivity index (χ1) is 8.81. The number of hydrogen-bond donors (Lipinski definition) is 2. The minimum absolute atomic E-state index is 0.263. The Morgan fingerprint density at radius 2 is 2.44 bits per heavy atom. The summed E-state index contributed by atoms with van der Waals surface area (Å²) in [6.07, 6.45) is 4.93. The molecule has 0 saturated heterocycles. The molecule has 2 rings (SSSR count). The van der Waals surface area contributed by atoms with Crippen LogP contribution in [0.4, 0.5) is 0 Å². The molecule has 0 fully saturated rings. The van der Waals surface area contributed by atoms with Crippen molar-refractivity contribution in [2.45, 2.75) is 13.0 Å². The SMILES string of the molecule is C/C=C/NCC(O)COc1cccc2sncc12. The molecule has 0 bridgehead atoms. The first-order valence-corrected chi connectivity index (χ1v) is 6.57. The molecule has 1 heterocycles. The smallest absolute Gasteiger partial charge is 0.129 e. The molecule has 0 spiro atoms. The minimum Gasteiger partial charge on any atom is -0.490 e. The third-order valence-electron chi connectivity index (χ3n) is 2.43. The normalized spacial score (nSPS) is 13.0. The van der Waals surface area contributed by atoms with Gasteiger partial charge in [0.2, 0.25) is 0 Å². The molecule has 0 aliphatic carbocycles. The van der Waals surface area contributed by atoms with Crippen molar-refractivity contribution in [3.63, 3.8) is 0 Å². The fourth-order valence-electron chi connectivity index (χ4n) is 1.56. The lowest BCUT2D eigenvalue weighted by molar-refractivity contribution is 0.110. The van der Waals surface area contributed by atoms with Crippen molar-refractivity contribution in [1.29, 1.82) is 0 Å². The minimum atomic E-state index is -0.539. The Hall–Kier alpha value is -1.59. The monoisotopic (exact) mass is 264 g/mol. The molecule has 96 valence electrons. The van der Waals surface area contributed by atoms with Crippen LogP contribution in [-0.4, -0.2) is 28.7 Å². The van der Waals surface area contributed by atoms with Gasteiger partial charge in [0.15, 0.2) is 0 Å². The third kappa shape index (κ3) is 3.21. The highest BCUT2D eigenvalue weighted by molar-refractivity contribution is 7.13. The van der Waals surface area contributed by atoms with Gasteiger partial charge in [-0.15, -0.1) is 0 Å². The number of allylic oxidation sites excluding steroid dienone is 1. The predicted octanol–water partition coefficient (Wildman–Crippen LogP) is 2.16. The number of fused-ring (bicyclic) bond motifs is 1. The van der Waals surface area contributed by atoms with E-state index in [1.165, 1.54) is 11.5 Å². The quantitative estimate of drug-likeness (QED) is 0.839. The lowest BCUT2D eigenvalue weighted by Gasteiger charge is -2.12. The van der Waals surface area contributed by atoms with Crippen molar-refractivity contribution in [3.05, 3.63) is 36.7 Å². The van der Waals surface area contributed by atoms with Gasteiger partial charge in [-0.05, 0) is 36.8 Å². The van der Waals surface area contributed by atoms with Gasteiger partial charge < -0.3 is 15.2 Å². The number of aromatic nitrogens is 1. The van der Waals surface area contributed by atoms with Crippen LogP contribution in [-0.2, 0) is 0 Å². The number of rotatable bonds is 6.